The molecule has 0 radical (unpaired) electrons. The largest absolute Gasteiger partial charge is 0.294 e. The maximum Gasteiger partial charge on any atom is 0.231 e. The standard InChI is InChI=1S/C19H22N2O/c1-2-12-7-9-20-10-8-14-13-5-3-4-6-16(13)21-17(22)11-15(12)18(20)19(14)21/h3-6,12,15,18H,2,7-11H2,1H3/t12-,15?,18-/m0/s1. The van der Waals surface area contributed by atoms with Gasteiger partial charge < -0.3 is 0 Å². The van der Waals surface area contributed by atoms with E-state index >= 15 is 0 Å². The fourth-order valence-corrected chi connectivity index (χ4v) is 5.34. The first kappa shape index (κ1) is 12.9. The Morgan fingerprint density at radius 3 is 2.95 bits per heavy atom. The van der Waals surface area contributed by atoms with E-state index in [0.717, 1.165) is 24.9 Å². The zero-order valence-corrected chi connectivity index (χ0v) is 13.1. The molecule has 3 nitrogen and oxygen atoms in total. The number of para-hydroxylation sites is 1. The van der Waals surface area contributed by atoms with Crippen molar-refractivity contribution in [1.82, 2.24) is 9.47 Å². The molecule has 2 aromatic rings. The van der Waals surface area contributed by atoms with Crippen LogP contribution in [0.5, 0.6) is 0 Å². The number of hydrogen-bond acceptors (Lipinski definition) is 2. The molecule has 3 aliphatic heterocycles. The molecular formula is C19H22N2O. The van der Waals surface area contributed by atoms with Crippen molar-refractivity contribution in [3.63, 3.8) is 0 Å². The quantitative estimate of drug-likeness (QED) is 0.802. The van der Waals surface area contributed by atoms with E-state index in [1.165, 1.54) is 36.0 Å². The average molecular weight is 294 g/mol. The molecule has 1 aromatic carbocycles. The van der Waals surface area contributed by atoms with Gasteiger partial charge in [0.2, 0.25) is 5.91 Å². The lowest BCUT2D eigenvalue weighted by Gasteiger charge is -2.50. The van der Waals surface area contributed by atoms with E-state index in [2.05, 4.69) is 40.7 Å². The minimum atomic E-state index is 0.320. The molecule has 0 spiro atoms. The topological polar surface area (TPSA) is 25.2 Å². The first-order chi connectivity index (χ1) is 10.8. The van der Waals surface area contributed by atoms with Crippen molar-refractivity contribution < 1.29 is 4.79 Å². The number of piperidine rings is 1. The Balaban J connectivity index is 1.81. The van der Waals surface area contributed by atoms with Gasteiger partial charge in [0.05, 0.1) is 11.6 Å². The molecule has 1 unspecified atom stereocenters. The highest BCUT2D eigenvalue weighted by atomic mass is 16.2. The average Bonchev–Trinajstić information content (AvgIpc) is 2.90. The third kappa shape index (κ3) is 1.48. The summed E-state index contributed by atoms with van der Waals surface area (Å²) >= 11 is 0. The zero-order valence-electron chi connectivity index (χ0n) is 13.1. The number of aromatic nitrogens is 1. The molecule has 5 rings (SSSR count). The molecule has 0 saturated carbocycles. The Hall–Kier alpha value is -1.61. The molecule has 0 amide bonds. The Labute approximate surface area is 130 Å². The van der Waals surface area contributed by atoms with Crippen molar-refractivity contribution in [2.24, 2.45) is 11.8 Å². The fraction of sp³-hybridized carbons (Fsp3) is 0.526. The number of carbonyl (C=O) groups is 1. The van der Waals surface area contributed by atoms with E-state index < -0.39 is 0 Å². The summed E-state index contributed by atoms with van der Waals surface area (Å²) in [6.45, 7) is 4.65. The lowest BCUT2D eigenvalue weighted by atomic mass is 9.71. The van der Waals surface area contributed by atoms with Gasteiger partial charge in [0.25, 0.3) is 0 Å². The van der Waals surface area contributed by atoms with Gasteiger partial charge in [0.1, 0.15) is 0 Å². The van der Waals surface area contributed by atoms with Crippen LogP contribution < -0.4 is 0 Å². The van der Waals surface area contributed by atoms with Crippen molar-refractivity contribution in [2.45, 2.75) is 38.6 Å². The van der Waals surface area contributed by atoms with E-state index in [9.17, 15) is 4.79 Å². The van der Waals surface area contributed by atoms with Gasteiger partial charge in [-0.25, -0.2) is 0 Å². The summed E-state index contributed by atoms with van der Waals surface area (Å²) in [6, 6.07) is 8.97. The second kappa shape index (κ2) is 4.45. The molecule has 114 valence electrons. The number of nitrogens with zero attached hydrogens (tertiary/aromatic N) is 2. The monoisotopic (exact) mass is 294 g/mol. The predicted molar refractivity (Wildman–Crippen MR) is 87.1 cm³/mol. The molecule has 3 aliphatic rings. The van der Waals surface area contributed by atoms with Gasteiger partial charge in [-0.3, -0.25) is 14.3 Å². The number of rotatable bonds is 1. The van der Waals surface area contributed by atoms with Gasteiger partial charge >= 0.3 is 0 Å². The number of carbonyl (C=O) groups excluding carboxylic acids is 1. The van der Waals surface area contributed by atoms with Gasteiger partial charge in [-0.15, -0.1) is 0 Å². The molecule has 1 saturated heterocycles. The minimum Gasteiger partial charge on any atom is -0.294 e. The molecule has 22 heavy (non-hydrogen) atoms. The lowest BCUT2D eigenvalue weighted by molar-refractivity contribution is 0.0164. The van der Waals surface area contributed by atoms with Crippen LogP contribution in [0.15, 0.2) is 24.3 Å². The predicted octanol–water partition coefficient (Wildman–Crippen LogP) is 3.63. The smallest absolute Gasteiger partial charge is 0.231 e. The number of hydrogen-bond donors (Lipinski definition) is 0. The Morgan fingerprint density at radius 2 is 2.09 bits per heavy atom. The van der Waals surface area contributed by atoms with E-state index in [1.807, 2.05) is 0 Å². The van der Waals surface area contributed by atoms with Crippen molar-refractivity contribution in [3.8, 4) is 0 Å². The van der Waals surface area contributed by atoms with Crippen LogP contribution in [0.3, 0.4) is 0 Å². The van der Waals surface area contributed by atoms with Crippen LogP contribution in [-0.4, -0.2) is 28.5 Å². The summed E-state index contributed by atoms with van der Waals surface area (Å²) < 4.78 is 2.07. The van der Waals surface area contributed by atoms with Crippen LogP contribution in [-0.2, 0) is 6.42 Å². The van der Waals surface area contributed by atoms with Crippen molar-refractivity contribution >= 4 is 16.8 Å². The normalized spacial score (nSPS) is 30.6. The third-order valence-corrected chi connectivity index (χ3v) is 6.32. The van der Waals surface area contributed by atoms with Crippen molar-refractivity contribution in [2.75, 3.05) is 13.1 Å². The van der Waals surface area contributed by atoms with Gasteiger partial charge in [0.15, 0.2) is 0 Å². The summed E-state index contributed by atoms with van der Waals surface area (Å²) in [4.78, 5) is 15.6. The molecule has 3 heteroatoms. The van der Waals surface area contributed by atoms with Gasteiger partial charge in [-0.05, 0) is 42.9 Å². The van der Waals surface area contributed by atoms with E-state index in [1.54, 1.807) is 0 Å². The Bertz CT molecular complexity index is 775. The fourth-order valence-electron chi connectivity index (χ4n) is 5.34. The molecule has 1 aromatic heterocycles. The first-order valence-corrected chi connectivity index (χ1v) is 8.69. The van der Waals surface area contributed by atoms with Crippen LogP contribution in [0.4, 0.5) is 0 Å². The molecule has 1 fully saturated rings. The van der Waals surface area contributed by atoms with Gasteiger partial charge in [-0.2, -0.15) is 0 Å². The third-order valence-electron chi connectivity index (χ3n) is 6.32. The van der Waals surface area contributed by atoms with Gasteiger partial charge in [0, 0.05) is 24.0 Å². The number of fused-ring (bicyclic) bond motifs is 3. The highest BCUT2D eigenvalue weighted by molar-refractivity contribution is 5.97. The molecule has 0 N–H and O–H groups in total. The van der Waals surface area contributed by atoms with Crippen LogP contribution in [0.2, 0.25) is 0 Å². The summed E-state index contributed by atoms with van der Waals surface area (Å²) in [7, 11) is 0. The van der Waals surface area contributed by atoms with Crippen LogP contribution >= 0.6 is 0 Å². The number of benzene rings is 1. The van der Waals surface area contributed by atoms with E-state index in [-0.39, 0.29) is 0 Å². The molecule has 3 atom stereocenters. The maximum atomic E-state index is 12.9. The molecule has 0 bridgehead atoms. The second-order valence-corrected chi connectivity index (χ2v) is 7.17. The highest BCUT2D eigenvalue weighted by Crippen LogP contribution is 2.50. The van der Waals surface area contributed by atoms with Crippen LogP contribution in [0.1, 0.15) is 48.3 Å². The second-order valence-electron chi connectivity index (χ2n) is 7.17. The van der Waals surface area contributed by atoms with Crippen LogP contribution in [0, 0.1) is 11.8 Å². The molecular weight excluding hydrogens is 272 g/mol. The molecule has 0 aliphatic carbocycles. The Morgan fingerprint density at radius 1 is 1.23 bits per heavy atom. The summed E-state index contributed by atoms with van der Waals surface area (Å²) in [5, 5.41) is 1.31. The highest BCUT2D eigenvalue weighted by Gasteiger charge is 2.47. The van der Waals surface area contributed by atoms with Crippen molar-refractivity contribution in [3.05, 3.63) is 35.5 Å². The summed E-state index contributed by atoms with van der Waals surface area (Å²) in [5.41, 5.74) is 3.93. The summed E-state index contributed by atoms with van der Waals surface area (Å²) in [6.07, 6.45) is 4.29. The zero-order chi connectivity index (χ0) is 14.8. The minimum absolute atomic E-state index is 0.320. The molecule has 4 heterocycles. The lowest BCUT2D eigenvalue weighted by Crippen LogP contribution is -2.50. The SMILES string of the molecule is CC[C@H]1CCN2CCc3c4n(c5ccccc35)C(=O)CC1[C@@H]42. The van der Waals surface area contributed by atoms with Crippen LogP contribution in [0.25, 0.3) is 10.9 Å². The Kier molecular flexibility index (Phi) is 2.61. The van der Waals surface area contributed by atoms with E-state index in [0.29, 0.717) is 23.8 Å². The van der Waals surface area contributed by atoms with Crippen molar-refractivity contribution in [1.29, 1.82) is 0 Å². The van der Waals surface area contributed by atoms with E-state index in [4.69, 9.17) is 0 Å². The van der Waals surface area contributed by atoms with Gasteiger partial charge in [-0.1, -0.05) is 31.5 Å². The summed E-state index contributed by atoms with van der Waals surface area (Å²) in [5.74, 6) is 1.56. The first-order valence-electron chi connectivity index (χ1n) is 8.69. The maximum absolute atomic E-state index is 12.9.